The maximum absolute atomic E-state index is 11.9. The van der Waals surface area contributed by atoms with E-state index < -0.39 is 37.3 Å². The molecule has 9 heteroatoms. The van der Waals surface area contributed by atoms with Gasteiger partial charge in [0.05, 0.1) is 29.0 Å². The quantitative estimate of drug-likeness (QED) is 0.552. The molecule has 0 spiro atoms. The van der Waals surface area contributed by atoms with Crippen LogP contribution in [-0.4, -0.2) is 62.6 Å². The molecule has 0 amide bonds. The first-order valence-electron chi connectivity index (χ1n) is 5.60. The second-order valence-corrected chi connectivity index (χ2v) is 9.22. The minimum absolute atomic E-state index is 0.0684. The fraction of sp³-hybridized carbons (Fsp3) is 1.00. The molecule has 3 N–H and O–H groups in total. The molecular formula is C9H19NO6S2. The van der Waals surface area contributed by atoms with Crippen LogP contribution >= 0.6 is 0 Å². The van der Waals surface area contributed by atoms with Crippen LogP contribution in [0.3, 0.4) is 0 Å². The van der Waals surface area contributed by atoms with Gasteiger partial charge in [-0.2, -0.15) is 0 Å². The summed E-state index contributed by atoms with van der Waals surface area (Å²) in [6.45, 7) is 0.449. The second-order valence-electron chi connectivity index (χ2n) is 4.87. The maximum Gasteiger partial charge on any atom is 0.214 e. The van der Waals surface area contributed by atoms with Crippen molar-refractivity contribution in [3.05, 3.63) is 0 Å². The molecule has 7 nitrogen and oxygen atoms in total. The van der Waals surface area contributed by atoms with Crippen molar-refractivity contribution in [2.24, 2.45) is 0 Å². The van der Waals surface area contributed by atoms with Crippen LogP contribution in [0.15, 0.2) is 0 Å². The van der Waals surface area contributed by atoms with E-state index in [1.807, 2.05) is 0 Å². The Labute approximate surface area is 107 Å². The number of hydrogen-bond donors (Lipinski definition) is 3. The van der Waals surface area contributed by atoms with Crippen molar-refractivity contribution in [1.29, 1.82) is 0 Å². The average Bonchev–Trinajstić information content (AvgIpc) is 2.26. The van der Waals surface area contributed by atoms with Crippen LogP contribution < -0.4 is 4.72 Å². The molecule has 18 heavy (non-hydrogen) atoms. The summed E-state index contributed by atoms with van der Waals surface area (Å²) in [4.78, 5) is 0. The number of aliphatic hydroxyl groups excluding tert-OH is 1. The lowest BCUT2D eigenvalue weighted by atomic mass is 10.1. The molecule has 0 aromatic carbocycles. The van der Waals surface area contributed by atoms with Gasteiger partial charge >= 0.3 is 0 Å². The van der Waals surface area contributed by atoms with Gasteiger partial charge in [0, 0.05) is 6.54 Å². The molecule has 0 radical (unpaired) electrons. The van der Waals surface area contributed by atoms with Gasteiger partial charge in [0.2, 0.25) is 10.0 Å². The molecular weight excluding hydrogens is 282 g/mol. The first-order valence-corrected chi connectivity index (χ1v) is 8.97. The lowest BCUT2D eigenvalue weighted by Crippen LogP contribution is -2.47. The van der Waals surface area contributed by atoms with Gasteiger partial charge in [0.25, 0.3) is 0 Å². The molecule has 108 valence electrons. The number of sulfonamides is 1. The van der Waals surface area contributed by atoms with E-state index in [1.54, 1.807) is 0 Å². The molecule has 1 heterocycles. The van der Waals surface area contributed by atoms with E-state index >= 15 is 0 Å². The number of nitrogens with one attached hydrogen (secondary N) is 1. The highest BCUT2D eigenvalue weighted by Gasteiger charge is 2.33. The van der Waals surface area contributed by atoms with Crippen molar-refractivity contribution in [2.45, 2.75) is 30.6 Å². The molecule has 0 aliphatic carbocycles. The minimum Gasteiger partial charge on any atom is -0.393 e. The Bertz CT molecular complexity index is 467. The van der Waals surface area contributed by atoms with Crippen molar-refractivity contribution < 1.29 is 27.0 Å². The molecule has 0 aromatic heterocycles. The van der Waals surface area contributed by atoms with Crippen molar-refractivity contribution in [1.82, 2.24) is 4.72 Å². The Balaban J connectivity index is 2.61. The van der Waals surface area contributed by atoms with Crippen LogP contribution in [-0.2, 0) is 19.9 Å². The van der Waals surface area contributed by atoms with Crippen LogP contribution in [0, 0.1) is 0 Å². The molecule has 0 aromatic rings. The first kappa shape index (κ1) is 15.8. The summed E-state index contributed by atoms with van der Waals surface area (Å²) in [6.07, 6.45) is 0.137. The third-order valence-corrected chi connectivity index (χ3v) is 6.55. The largest absolute Gasteiger partial charge is 0.393 e. The van der Waals surface area contributed by atoms with Gasteiger partial charge in [0.1, 0.15) is 9.84 Å². The fourth-order valence-electron chi connectivity index (χ4n) is 1.61. The average molecular weight is 301 g/mol. The Morgan fingerprint density at radius 2 is 1.83 bits per heavy atom. The normalized spacial score (nSPS) is 24.6. The molecule has 0 saturated carbocycles. The lowest BCUT2D eigenvalue weighted by molar-refractivity contribution is 0.00676. The summed E-state index contributed by atoms with van der Waals surface area (Å²) in [5.74, 6) is -0.260. The third kappa shape index (κ3) is 4.47. The van der Waals surface area contributed by atoms with E-state index in [0.29, 0.717) is 0 Å². The monoisotopic (exact) mass is 301 g/mol. The lowest BCUT2D eigenvalue weighted by Gasteiger charge is -2.25. The summed E-state index contributed by atoms with van der Waals surface area (Å²) < 4.78 is 48.3. The zero-order valence-corrected chi connectivity index (χ0v) is 11.8. The molecule has 1 aliphatic rings. The predicted molar refractivity (Wildman–Crippen MR) is 66.3 cm³/mol. The Morgan fingerprint density at radius 1 is 1.33 bits per heavy atom. The van der Waals surface area contributed by atoms with Gasteiger partial charge in [0.15, 0.2) is 0 Å². The van der Waals surface area contributed by atoms with Crippen molar-refractivity contribution in [3.63, 3.8) is 0 Å². The minimum atomic E-state index is -3.66. The van der Waals surface area contributed by atoms with Crippen LogP contribution in [0.2, 0.25) is 0 Å². The third-order valence-electron chi connectivity index (χ3n) is 2.94. The SMILES string of the molecule is CC(O)(CO)CNS(=O)(=O)C1CCS(=O)(=O)CC1. The first-order chi connectivity index (χ1) is 8.08. The molecule has 1 rings (SSSR count). The van der Waals surface area contributed by atoms with Crippen LogP contribution in [0.1, 0.15) is 19.8 Å². The van der Waals surface area contributed by atoms with E-state index in [2.05, 4.69) is 4.72 Å². The van der Waals surface area contributed by atoms with E-state index in [4.69, 9.17) is 5.11 Å². The number of rotatable bonds is 5. The van der Waals surface area contributed by atoms with E-state index in [1.165, 1.54) is 6.92 Å². The Hall–Kier alpha value is -0.220. The number of sulfone groups is 1. The maximum atomic E-state index is 11.9. The zero-order valence-electron chi connectivity index (χ0n) is 10.2. The Morgan fingerprint density at radius 3 is 2.28 bits per heavy atom. The van der Waals surface area contributed by atoms with Gasteiger partial charge < -0.3 is 10.2 Å². The van der Waals surface area contributed by atoms with Crippen LogP contribution in [0.25, 0.3) is 0 Å². The van der Waals surface area contributed by atoms with E-state index in [9.17, 15) is 21.9 Å². The summed E-state index contributed by atoms with van der Waals surface area (Å²) in [5, 5.41) is 17.5. The predicted octanol–water partition coefficient (Wildman–Crippen LogP) is -1.77. The summed E-state index contributed by atoms with van der Waals surface area (Å²) in [7, 11) is -6.77. The van der Waals surface area contributed by atoms with Gasteiger partial charge in [-0.1, -0.05) is 0 Å². The highest BCUT2D eigenvalue weighted by atomic mass is 32.2. The summed E-state index contributed by atoms with van der Waals surface area (Å²) in [5.41, 5.74) is -1.52. The second kappa shape index (κ2) is 5.41. The van der Waals surface area contributed by atoms with E-state index in [-0.39, 0.29) is 30.9 Å². The van der Waals surface area contributed by atoms with Crippen LogP contribution in [0.4, 0.5) is 0 Å². The van der Waals surface area contributed by atoms with E-state index in [0.717, 1.165) is 0 Å². The summed E-state index contributed by atoms with van der Waals surface area (Å²) >= 11 is 0. The standard InChI is InChI=1S/C9H19NO6S2/c1-9(12,7-11)6-10-18(15,16)8-2-4-17(13,14)5-3-8/h8,10-12H,2-7H2,1H3. The molecule has 1 aliphatic heterocycles. The molecule has 1 unspecified atom stereocenters. The van der Waals surface area contributed by atoms with Gasteiger partial charge in [-0.15, -0.1) is 0 Å². The van der Waals surface area contributed by atoms with Crippen molar-refractivity contribution in [3.8, 4) is 0 Å². The highest BCUT2D eigenvalue weighted by molar-refractivity contribution is 7.92. The molecule has 1 atom stereocenters. The Kier molecular flexibility index (Phi) is 4.76. The van der Waals surface area contributed by atoms with Gasteiger partial charge in [-0.3, -0.25) is 0 Å². The highest BCUT2D eigenvalue weighted by Crippen LogP contribution is 2.18. The topological polar surface area (TPSA) is 121 Å². The number of hydrogen-bond acceptors (Lipinski definition) is 6. The van der Waals surface area contributed by atoms with Gasteiger partial charge in [-0.25, -0.2) is 21.6 Å². The molecule has 1 fully saturated rings. The van der Waals surface area contributed by atoms with Gasteiger partial charge in [-0.05, 0) is 19.8 Å². The smallest absolute Gasteiger partial charge is 0.214 e. The molecule has 1 saturated heterocycles. The molecule has 0 bridgehead atoms. The summed E-state index contributed by atoms with van der Waals surface area (Å²) in [6, 6.07) is 0. The zero-order chi connectivity index (χ0) is 14.0. The van der Waals surface area contributed by atoms with Crippen molar-refractivity contribution in [2.75, 3.05) is 24.7 Å². The fourth-order valence-corrected chi connectivity index (χ4v) is 5.00. The number of aliphatic hydroxyl groups is 2. The van der Waals surface area contributed by atoms with Crippen molar-refractivity contribution >= 4 is 19.9 Å². The van der Waals surface area contributed by atoms with Crippen LogP contribution in [0.5, 0.6) is 0 Å².